The molecule has 0 aliphatic rings. The molecule has 0 fully saturated rings. The minimum absolute atomic E-state index is 0.0244. The van der Waals surface area contributed by atoms with Crippen molar-refractivity contribution in [3.63, 3.8) is 0 Å². The van der Waals surface area contributed by atoms with Gasteiger partial charge < -0.3 is 0 Å². The van der Waals surface area contributed by atoms with Gasteiger partial charge in [0.25, 0.3) is 5.69 Å². The summed E-state index contributed by atoms with van der Waals surface area (Å²) in [5.74, 6) is 4.78. The van der Waals surface area contributed by atoms with Crippen LogP contribution in [-0.4, -0.2) is 16.5 Å². The lowest BCUT2D eigenvalue weighted by Gasteiger charge is -2.05. The van der Waals surface area contributed by atoms with E-state index in [1.54, 1.807) is 24.3 Å². The van der Waals surface area contributed by atoms with Gasteiger partial charge in [-0.25, -0.2) is 0 Å². The maximum Gasteiger partial charge on any atom is 0.286 e. The normalized spacial score (nSPS) is 9.65. The number of carbonyl (C=O) groups excluding carboxylic acids is 2. The van der Waals surface area contributed by atoms with Gasteiger partial charge in [-0.05, 0) is 32.0 Å². The summed E-state index contributed by atoms with van der Waals surface area (Å²) in [6, 6.07) is 11.4. The van der Waals surface area contributed by atoms with Crippen LogP contribution in [0.3, 0.4) is 0 Å². The van der Waals surface area contributed by atoms with Gasteiger partial charge in [0, 0.05) is 22.8 Å². The quantitative estimate of drug-likeness (QED) is 0.377. The van der Waals surface area contributed by atoms with Crippen molar-refractivity contribution >= 4 is 17.3 Å². The van der Waals surface area contributed by atoms with Crippen molar-refractivity contribution in [3.05, 3.63) is 74.8 Å². The van der Waals surface area contributed by atoms with E-state index in [1.165, 1.54) is 19.9 Å². The Labute approximate surface area is 133 Å². The zero-order valence-electron chi connectivity index (χ0n) is 12.6. The molecule has 0 atom stereocenters. The molecular formula is C18H13NO4. The van der Waals surface area contributed by atoms with E-state index in [4.69, 9.17) is 0 Å². The maximum absolute atomic E-state index is 11.8. The van der Waals surface area contributed by atoms with Crippen LogP contribution in [0.5, 0.6) is 0 Å². The zero-order chi connectivity index (χ0) is 17.0. The Hall–Kier alpha value is -3.26. The number of nitro groups is 1. The third-order valence-corrected chi connectivity index (χ3v) is 3.21. The lowest BCUT2D eigenvalue weighted by Crippen LogP contribution is -2.05. The molecule has 0 saturated carbocycles. The second kappa shape index (κ2) is 6.67. The fourth-order valence-electron chi connectivity index (χ4n) is 2.04. The summed E-state index contributed by atoms with van der Waals surface area (Å²) in [4.78, 5) is 34.0. The van der Waals surface area contributed by atoms with Gasteiger partial charge in [-0.2, -0.15) is 0 Å². The lowest BCUT2D eigenvalue weighted by atomic mass is 9.97. The number of rotatable bonds is 3. The SMILES string of the molecule is CC(=O)c1cc(C(C)=O)c(C#Cc2ccccc2)c([N+](=O)[O-])c1. The molecule has 0 heterocycles. The third kappa shape index (κ3) is 3.69. The van der Waals surface area contributed by atoms with Crippen molar-refractivity contribution in [2.75, 3.05) is 0 Å². The summed E-state index contributed by atoms with van der Waals surface area (Å²) in [5, 5.41) is 11.3. The fraction of sp³-hybridized carbons (Fsp3) is 0.111. The molecule has 2 aromatic carbocycles. The summed E-state index contributed by atoms with van der Waals surface area (Å²) < 4.78 is 0. The molecule has 0 spiro atoms. The van der Waals surface area contributed by atoms with Crippen molar-refractivity contribution < 1.29 is 14.5 Å². The first-order valence-electron chi connectivity index (χ1n) is 6.81. The first-order chi connectivity index (χ1) is 10.9. The topological polar surface area (TPSA) is 77.3 Å². The van der Waals surface area contributed by atoms with Crippen LogP contribution >= 0.6 is 0 Å². The molecular weight excluding hydrogens is 294 g/mol. The second-order valence-electron chi connectivity index (χ2n) is 4.90. The number of nitrogens with zero attached hydrogens (tertiary/aromatic N) is 1. The molecule has 0 unspecified atom stereocenters. The summed E-state index contributed by atoms with van der Waals surface area (Å²) >= 11 is 0. The van der Waals surface area contributed by atoms with Crippen molar-refractivity contribution in [2.24, 2.45) is 0 Å². The van der Waals surface area contributed by atoms with Crippen molar-refractivity contribution in [1.29, 1.82) is 0 Å². The van der Waals surface area contributed by atoms with Gasteiger partial charge in [0.1, 0.15) is 5.56 Å². The first kappa shape index (κ1) is 16.1. The van der Waals surface area contributed by atoms with Crippen LogP contribution < -0.4 is 0 Å². The standard InChI is InChI=1S/C18H13NO4/c1-12(20)15-10-17(13(2)21)16(18(11-15)19(22)23)9-8-14-6-4-3-5-7-14/h3-7,10-11H,1-2H3. The Kier molecular flexibility index (Phi) is 4.67. The fourth-order valence-corrected chi connectivity index (χ4v) is 2.04. The van der Waals surface area contributed by atoms with Gasteiger partial charge in [-0.1, -0.05) is 30.0 Å². The van der Waals surface area contributed by atoms with Gasteiger partial charge in [0.15, 0.2) is 11.6 Å². The molecule has 114 valence electrons. The maximum atomic E-state index is 11.8. The highest BCUT2D eigenvalue weighted by Crippen LogP contribution is 2.25. The average Bonchev–Trinajstić information content (AvgIpc) is 2.52. The first-order valence-corrected chi connectivity index (χ1v) is 6.81. The van der Waals surface area contributed by atoms with Crippen molar-refractivity contribution in [2.45, 2.75) is 13.8 Å². The number of ketones is 2. The predicted molar refractivity (Wildman–Crippen MR) is 85.5 cm³/mol. The highest BCUT2D eigenvalue weighted by Gasteiger charge is 2.21. The summed E-state index contributed by atoms with van der Waals surface area (Å²) in [6.07, 6.45) is 0. The molecule has 0 aliphatic carbocycles. The molecule has 0 aliphatic heterocycles. The van der Waals surface area contributed by atoms with Crippen LogP contribution in [0.1, 0.15) is 45.7 Å². The molecule has 0 amide bonds. The molecule has 2 aromatic rings. The Bertz CT molecular complexity index is 823. The largest absolute Gasteiger partial charge is 0.295 e. The molecule has 23 heavy (non-hydrogen) atoms. The number of carbonyl (C=O) groups is 2. The van der Waals surface area contributed by atoms with Crippen LogP contribution in [0, 0.1) is 22.0 Å². The van der Waals surface area contributed by atoms with Gasteiger partial charge in [0.05, 0.1) is 4.92 Å². The van der Waals surface area contributed by atoms with Crippen LogP contribution in [0.2, 0.25) is 0 Å². The third-order valence-electron chi connectivity index (χ3n) is 3.21. The van der Waals surface area contributed by atoms with E-state index >= 15 is 0 Å². The van der Waals surface area contributed by atoms with E-state index in [-0.39, 0.29) is 33.9 Å². The van der Waals surface area contributed by atoms with Crippen LogP contribution in [-0.2, 0) is 0 Å². The molecule has 0 bridgehead atoms. The van der Waals surface area contributed by atoms with Crippen LogP contribution in [0.4, 0.5) is 5.69 Å². The highest BCUT2D eigenvalue weighted by molar-refractivity contribution is 6.02. The molecule has 0 radical (unpaired) electrons. The van der Waals surface area contributed by atoms with Crippen molar-refractivity contribution in [3.8, 4) is 11.8 Å². The molecule has 0 N–H and O–H groups in total. The van der Waals surface area contributed by atoms with E-state index in [1.807, 2.05) is 6.07 Å². The van der Waals surface area contributed by atoms with E-state index in [0.29, 0.717) is 5.56 Å². The Morgan fingerprint density at radius 3 is 2.17 bits per heavy atom. The van der Waals surface area contributed by atoms with Gasteiger partial charge in [-0.15, -0.1) is 0 Å². The number of Topliss-reactive ketones (excluding diaryl/α,β-unsaturated/α-hetero) is 2. The van der Waals surface area contributed by atoms with Gasteiger partial charge in [0.2, 0.25) is 0 Å². The average molecular weight is 307 g/mol. The molecule has 5 heteroatoms. The minimum Gasteiger partial charge on any atom is -0.295 e. The molecule has 2 rings (SSSR count). The van der Waals surface area contributed by atoms with Crippen molar-refractivity contribution in [1.82, 2.24) is 0 Å². The molecule has 5 nitrogen and oxygen atoms in total. The van der Waals surface area contributed by atoms with E-state index in [2.05, 4.69) is 11.8 Å². The number of hydrogen-bond donors (Lipinski definition) is 0. The van der Waals surface area contributed by atoms with Crippen LogP contribution in [0.25, 0.3) is 0 Å². The molecule has 0 saturated heterocycles. The van der Waals surface area contributed by atoms with Crippen LogP contribution in [0.15, 0.2) is 42.5 Å². The van der Waals surface area contributed by atoms with E-state index in [9.17, 15) is 19.7 Å². The lowest BCUT2D eigenvalue weighted by molar-refractivity contribution is -0.385. The molecule has 0 aromatic heterocycles. The monoisotopic (exact) mass is 307 g/mol. The van der Waals surface area contributed by atoms with E-state index in [0.717, 1.165) is 6.07 Å². The van der Waals surface area contributed by atoms with Gasteiger partial charge in [-0.3, -0.25) is 19.7 Å². The smallest absolute Gasteiger partial charge is 0.286 e. The Balaban J connectivity index is 2.70. The zero-order valence-corrected chi connectivity index (χ0v) is 12.6. The minimum atomic E-state index is -0.631. The van der Waals surface area contributed by atoms with E-state index < -0.39 is 4.92 Å². The number of benzene rings is 2. The summed E-state index contributed by atoms with van der Waals surface area (Å²) in [6.45, 7) is 2.58. The predicted octanol–water partition coefficient (Wildman–Crippen LogP) is 3.40. The number of hydrogen-bond acceptors (Lipinski definition) is 4. The van der Waals surface area contributed by atoms with Gasteiger partial charge >= 0.3 is 0 Å². The Morgan fingerprint density at radius 2 is 1.65 bits per heavy atom. The summed E-state index contributed by atoms with van der Waals surface area (Å²) in [7, 11) is 0. The highest BCUT2D eigenvalue weighted by atomic mass is 16.6. The Morgan fingerprint density at radius 1 is 1.00 bits per heavy atom. The number of nitro benzene ring substituents is 1. The summed E-state index contributed by atoms with van der Waals surface area (Å²) in [5.41, 5.74) is 0.551. The second-order valence-corrected chi connectivity index (χ2v) is 4.90.